The topological polar surface area (TPSA) is 73.3 Å². The summed E-state index contributed by atoms with van der Waals surface area (Å²) in [5, 5.41) is 0. The molecule has 0 saturated heterocycles. The van der Waals surface area contributed by atoms with Crippen molar-refractivity contribution in [2.75, 3.05) is 14.2 Å². The number of nitrogens with zero attached hydrogens (tertiary/aromatic N) is 1. The van der Waals surface area contributed by atoms with Crippen LogP contribution in [0.3, 0.4) is 0 Å². The lowest BCUT2D eigenvalue weighted by Crippen LogP contribution is -2.14. The summed E-state index contributed by atoms with van der Waals surface area (Å²) >= 11 is 0. The average molecular weight is 444 g/mol. The van der Waals surface area contributed by atoms with E-state index in [1.54, 1.807) is 75.0 Å². The third-order valence-electron chi connectivity index (χ3n) is 5.12. The minimum absolute atomic E-state index is 0.232. The summed E-state index contributed by atoms with van der Waals surface area (Å²) in [6.45, 7) is 0. The molecule has 7 heteroatoms. The lowest BCUT2D eigenvalue weighted by atomic mass is 10.1. The number of hydrogen-bond acceptors (Lipinski definition) is 4. The first-order valence-electron chi connectivity index (χ1n) is 10.1. The number of aromatic amines is 1. The van der Waals surface area contributed by atoms with Gasteiger partial charge in [-0.3, -0.25) is 9.36 Å². The van der Waals surface area contributed by atoms with Gasteiger partial charge < -0.3 is 14.5 Å². The predicted molar refractivity (Wildman–Crippen MR) is 125 cm³/mol. The molecular formula is C26H21FN2O4. The Morgan fingerprint density at radius 2 is 1.73 bits per heavy atom. The summed E-state index contributed by atoms with van der Waals surface area (Å²) in [7, 11) is 3.10. The molecule has 0 aliphatic carbocycles. The van der Waals surface area contributed by atoms with Crippen molar-refractivity contribution in [2.24, 2.45) is 0 Å². The van der Waals surface area contributed by atoms with E-state index in [9.17, 15) is 14.0 Å². The SMILES string of the molecule is COc1ccc(-c2cn(-c3cccc(C(=O)C=Cc4ccc(F)cc4)c3)c(=O)[nH]2)cc1OC. The van der Waals surface area contributed by atoms with Gasteiger partial charge in [-0.2, -0.15) is 0 Å². The second kappa shape index (κ2) is 9.40. The van der Waals surface area contributed by atoms with Crippen molar-refractivity contribution in [3.05, 3.63) is 106 Å². The Kier molecular flexibility index (Phi) is 6.22. The number of carbonyl (C=O) groups is 1. The molecule has 3 aromatic carbocycles. The first-order chi connectivity index (χ1) is 16.0. The maximum Gasteiger partial charge on any atom is 0.330 e. The number of H-pyrrole nitrogens is 1. The number of hydrogen-bond donors (Lipinski definition) is 1. The van der Waals surface area contributed by atoms with Gasteiger partial charge in [-0.05, 0) is 54.1 Å². The van der Waals surface area contributed by atoms with Crippen molar-refractivity contribution in [3.63, 3.8) is 0 Å². The Hall–Kier alpha value is -4.39. The first kappa shape index (κ1) is 21.8. The van der Waals surface area contributed by atoms with E-state index >= 15 is 0 Å². The number of ether oxygens (including phenoxy) is 2. The maximum atomic E-state index is 13.0. The van der Waals surface area contributed by atoms with Gasteiger partial charge in [-0.15, -0.1) is 0 Å². The molecule has 1 aromatic heterocycles. The number of carbonyl (C=O) groups excluding carboxylic acids is 1. The second-order valence-corrected chi connectivity index (χ2v) is 7.21. The molecule has 33 heavy (non-hydrogen) atoms. The minimum atomic E-state index is -0.341. The van der Waals surface area contributed by atoms with Crippen LogP contribution in [0.15, 0.2) is 83.8 Å². The van der Waals surface area contributed by atoms with Gasteiger partial charge in [-0.25, -0.2) is 9.18 Å². The van der Waals surface area contributed by atoms with Gasteiger partial charge in [0.15, 0.2) is 17.3 Å². The molecule has 0 spiro atoms. The fourth-order valence-corrected chi connectivity index (χ4v) is 3.39. The van der Waals surface area contributed by atoms with Crippen LogP contribution in [0.1, 0.15) is 15.9 Å². The molecule has 0 aliphatic heterocycles. The van der Waals surface area contributed by atoms with Crippen LogP contribution in [0, 0.1) is 5.82 Å². The van der Waals surface area contributed by atoms with Crippen LogP contribution < -0.4 is 15.2 Å². The van der Waals surface area contributed by atoms with Gasteiger partial charge in [0.2, 0.25) is 0 Å². The van der Waals surface area contributed by atoms with Gasteiger partial charge in [0.1, 0.15) is 5.82 Å². The molecule has 4 aromatic rings. The Morgan fingerprint density at radius 1 is 0.970 bits per heavy atom. The second-order valence-electron chi connectivity index (χ2n) is 7.21. The highest BCUT2D eigenvalue weighted by molar-refractivity contribution is 6.07. The highest BCUT2D eigenvalue weighted by Crippen LogP contribution is 2.31. The van der Waals surface area contributed by atoms with Crippen LogP contribution in [0.2, 0.25) is 0 Å². The van der Waals surface area contributed by atoms with Gasteiger partial charge in [0.25, 0.3) is 0 Å². The smallest absolute Gasteiger partial charge is 0.330 e. The maximum absolute atomic E-state index is 13.0. The molecule has 1 N–H and O–H groups in total. The number of ketones is 1. The number of imidazole rings is 1. The van der Waals surface area contributed by atoms with Crippen molar-refractivity contribution in [3.8, 4) is 28.4 Å². The molecule has 6 nitrogen and oxygen atoms in total. The van der Waals surface area contributed by atoms with Crippen molar-refractivity contribution in [1.29, 1.82) is 0 Å². The lowest BCUT2D eigenvalue weighted by molar-refractivity contribution is 0.104. The van der Waals surface area contributed by atoms with Gasteiger partial charge in [-0.1, -0.05) is 30.3 Å². The number of allylic oxidation sites excluding steroid dienone is 1. The molecule has 0 aliphatic rings. The third-order valence-corrected chi connectivity index (χ3v) is 5.12. The summed E-state index contributed by atoms with van der Waals surface area (Å²) in [4.78, 5) is 28.1. The average Bonchev–Trinajstić information content (AvgIpc) is 3.24. The summed E-state index contributed by atoms with van der Waals surface area (Å²) in [6.07, 6.45) is 4.70. The van der Waals surface area contributed by atoms with Gasteiger partial charge in [0, 0.05) is 17.3 Å². The van der Waals surface area contributed by atoms with E-state index < -0.39 is 0 Å². The fraction of sp³-hybridized carbons (Fsp3) is 0.0769. The quantitative estimate of drug-likeness (QED) is 0.326. The normalized spacial score (nSPS) is 11.0. The molecule has 0 bridgehead atoms. The molecule has 0 fully saturated rings. The van der Waals surface area contributed by atoms with Crippen LogP contribution in [0.25, 0.3) is 23.0 Å². The van der Waals surface area contributed by atoms with Gasteiger partial charge >= 0.3 is 5.69 Å². The zero-order valence-electron chi connectivity index (χ0n) is 18.0. The standard InChI is InChI=1S/C26H21FN2O4/c1-32-24-13-9-18(15-25(24)33-2)22-16-29(26(31)28-22)21-5-3-4-19(14-21)23(30)12-8-17-6-10-20(27)11-7-17/h3-16H,1-2H3,(H,28,31). The van der Waals surface area contributed by atoms with Gasteiger partial charge in [0.05, 0.1) is 25.6 Å². The van der Waals surface area contributed by atoms with Crippen molar-refractivity contribution in [1.82, 2.24) is 9.55 Å². The van der Waals surface area contributed by atoms with Crippen molar-refractivity contribution < 1.29 is 18.7 Å². The molecular weight excluding hydrogens is 423 g/mol. The molecule has 166 valence electrons. The van der Waals surface area contributed by atoms with Crippen LogP contribution in [0.5, 0.6) is 11.5 Å². The largest absolute Gasteiger partial charge is 0.493 e. The van der Waals surface area contributed by atoms with E-state index in [2.05, 4.69) is 4.98 Å². The predicted octanol–water partition coefficient (Wildman–Crippen LogP) is 4.89. The number of methoxy groups -OCH3 is 2. The van der Waals surface area contributed by atoms with E-state index in [0.717, 1.165) is 5.56 Å². The molecule has 0 amide bonds. The number of rotatable bonds is 7. The lowest BCUT2D eigenvalue weighted by Gasteiger charge is -2.08. The fourth-order valence-electron chi connectivity index (χ4n) is 3.39. The number of aromatic nitrogens is 2. The third kappa shape index (κ3) is 4.77. The van der Waals surface area contributed by atoms with E-state index in [-0.39, 0.29) is 17.3 Å². The molecule has 1 heterocycles. The number of nitrogens with one attached hydrogen (secondary N) is 1. The van der Waals surface area contributed by atoms with Crippen molar-refractivity contribution >= 4 is 11.9 Å². The summed E-state index contributed by atoms with van der Waals surface area (Å²) in [5.74, 6) is 0.563. The molecule has 0 atom stereocenters. The zero-order valence-corrected chi connectivity index (χ0v) is 18.0. The Bertz CT molecular complexity index is 1380. The monoisotopic (exact) mass is 444 g/mol. The number of halogens is 1. The van der Waals surface area contributed by atoms with Crippen LogP contribution in [-0.4, -0.2) is 29.6 Å². The highest BCUT2D eigenvalue weighted by Gasteiger charge is 2.12. The van der Waals surface area contributed by atoms with E-state index in [0.29, 0.717) is 34.0 Å². The van der Waals surface area contributed by atoms with Crippen LogP contribution in [-0.2, 0) is 0 Å². The minimum Gasteiger partial charge on any atom is -0.493 e. The van der Waals surface area contributed by atoms with Crippen LogP contribution >= 0.6 is 0 Å². The van der Waals surface area contributed by atoms with Crippen molar-refractivity contribution in [2.45, 2.75) is 0 Å². The molecule has 0 unspecified atom stereocenters. The Labute approximate surface area is 189 Å². The van der Waals surface area contributed by atoms with Crippen LogP contribution in [0.4, 0.5) is 4.39 Å². The number of benzene rings is 3. The Morgan fingerprint density at radius 3 is 2.45 bits per heavy atom. The summed E-state index contributed by atoms with van der Waals surface area (Å²) in [6, 6.07) is 18.0. The summed E-state index contributed by atoms with van der Waals surface area (Å²) < 4.78 is 25.1. The molecule has 0 radical (unpaired) electrons. The first-order valence-corrected chi connectivity index (χ1v) is 10.1. The highest BCUT2D eigenvalue weighted by atomic mass is 19.1. The Balaban J connectivity index is 1.61. The van der Waals surface area contributed by atoms with E-state index in [1.165, 1.54) is 22.8 Å². The summed E-state index contributed by atoms with van der Waals surface area (Å²) in [5.41, 5.74) is 2.68. The van der Waals surface area contributed by atoms with E-state index in [1.807, 2.05) is 6.07 Å². The van der Waals surface area contributed by atoms with E-state index in [4.69, 9.17) is 9.47 Å². The zero-order chi connectivity index (χ0) is 23.4. The molecule has 4 rings (SSSR count). The molecule has 0 saturated carbocycles.